The number of carboxylic acids is 1. The fraction of sp³-hybridized carbons (Fsp3) is 0.364. The molecule has 0 saturated heterocycles. The maximum atomic E-state index is 10.9. The first-order valence-corrected chi connectivity index (χ1v) is 5.30. The van der Waals surface area contributed by atoms with Crippen LogP contribution < -0.4 is 9.47 Å². The highest BCUT2D eigenvalue weighted by Crippen LogP contribution is 2.42. The molecule has 1 N–H and O–H groups in total. The molecule has 2 rings (SSSR count). The Morgan fingerprint density at radius 1 is 1.38 bits per heavy atom. The molecule has 4 nitrogen and oxygen atoms in total. The zero-order valence-corrected chi connectivity index (χ0v) is 9.45. The van der Waals surface area contributed by atoms with Crippen molar-refractivity contribution in [1.29, 1.82) is 0 Å². The molecule has 0 saturated carbocycles. The Bertz CT molecular complexity index is 430. The Morgan fingerprint density at radius 2 is 2.00 bits per heavy atom. The SMILES string of the molecule is CC(C(=O)O)c1ccc(Cl)c2c1OCCO2. The van der Waals surface area contributed by atoms with Gasteiger partial charge in [0, 0.05) is 5.56 Å². The van der Waals surface area contributed by atoms with Crippen molar-refractivity contribution in [2.45, 2.75) is 12.8 Å². The lowest BCUT2D eigenvalue weighted by atomic mass is 9.99. The second-order valence-electron chi connectivity index (χ2n) is 3.55. The van der Waals surface area contributed by atoms with Crippen molar-refractivity contribution in [3.05, 3.63) is 22.7 Å². The van der Waals surface area contributed by atoms with Gasteiger partial charge in [0.25, 0.3) is 0 Å². The van der Waals surface area contributed by atoms with E-state index in [9.17, 15) is 4.79 Å². The van der Waals surface area contributed by atoms with Crippen molar-refractivity contribution >= 4 is 17.6 Å². The highest BCUT2D eigenvalue weighted by Gasteiger charge is 2.25. The third-order valence-corrected chi connectivity index (χ3v) is 2.81. The van der Waals surface area contributed by atoms with E-state index in [0.29, 0.717) is 35.3 Å². The van der Waals surface area contributed by atoms with Crippen molar-refractivity contribution in [2.24, 2.45) is 0 Å². The molecule has 1 aromatic carbocycles. The van der Waals surface area contributed by atoms with E-state index < -0.39 is 11.9 Å². The van der Waals surface area contributed by atoms with E-state index in [1.165, 1.54) is 0 Å². The number of carbonyl (C=O) groups is 1. The van der Waals surface area contributed by atoms with Crippen LogP contribution in [-0.4, -0.2) is 24.3 Å². The Balaban J connectivity index is 2.50. The van der Waals surface area contributed by atoms with Crippen molar-refractivity contribution < 1.29 is 19.4 Å². The zero-order chi connectivity index (χ0) is 11.7. The summed E-state index contributed by atoms with van der Waals surface area (Å²) in [7, 11) is 0. The maximum absolute atomic E-state index is 10.9. The molecule has 0 aromatic heterocycles. The highest BCUT2D eigenvalue weighted by atomic mass is 35.5. The van der Waals surface area contributed by atoms with Crippen molar-refractivity contribution in [2.75, 3.05) is 13.2 Å². The van der Waals surface area contributed by atoms with Crippen molar-refractivity contribution in [3.8, 4) is 11.5 Å². The van der Waals surface area contributed by atoms with Crippen LogP contribution in [0.2, 0.25) is 5.02 Å². The van der Waals surface area contributed by atoms with Crippen LogP contribution in [-0.2, 0) is 4.79 Å². The predicted octanol–water partition coefficient (Wildman–Crippen LogP) is 2.30. The molecular weight excluding hydrogens is 232 g/mol. The molecule has 1 aliphatic heterocycles. The predicted molar refractivity (Wildman–Crippen MR) is 58.5 cm³/mol. The molecule has 0 aliphatic carbocycles. The summed E-state index contributed by atoms with van der Waals surface area (Å²) in [5.41, 5.74) is 0.589. The molecule has 1 aromatic rings. The quantitative estimate of drug-likeness (QED) is 0.865. The number of hydrogen-bond acceptors (Lipinski definition) is 3. The molecule has 1 heterocycles. The fourth-order valence-corrected chi connectivity index (χ4v) is 1.80. The van der Waals surface area contributed by atoms with Gasteiger partial charge in [0.2, 0.25) is 0 Å². The Morgan fingerprint density at radius 3 is 2.62 bits per heavy atom. The number of ether oxygens (including phenoxy) is 2. The monoisotopic (exact) mass is 242 g/mol. The van der Waals surface area contributed by atoms with Gasteiger partial charge in [0.05, 0.1) is 10.9 Å². The topological polar surface area (TPSA) is 55.8 Å². The Hall–Kier alpha value is -1.42. The molecular formula is C11H11ClO4. The molecule has 16 heavy (non-hydrogen) atoms. The number of rotatable bonds is 2. The van der Waals surface area contributed by atoms with Crippen LogP contribution in [0.3, 0.4) is 0 Å². The van der Waals surface area contributed by atoms with Crippen LogP contribution in [0, 0.1) is 0 Å². The van der Waals surface area contributed by atoms with Crippen LogP contribution >= 0.6 is 11.6 Å². The molecule has 1 atom stereocenters. The van der Waals surface area contributed by atoms with Crippen LogP contribution in [0.5, 0.6) is 11.5 Å². The summed E-state index contributed by atoms with van der Waals surface area (Å²) in [6.45, 7) is 2.44. The van der Waals surface area contributed by atoms with Gasteiger partial charge in [0.1, 0.15) is 13.2 Å². The highest BCUT2D eigenvalue weighted by molar-refractivity contribution is 6.32. The van der Waals surface area contributed by atoms with Crippen LogP contribution in [0.25, 0.3) is 0 Å². The third-order valence-electron chi connectivity index (χ3n) is 2.51. The van der Waals surface area contributed by atoms with Crippen LogP contribution in [0.4, 0.5) is 0 Å². The molecule has 86 valence electrons. The van der Waals surface area contributed by atoms with Crippen molar-refractivity contribution in [1.82, 2.24) is 0 Å². The zero-order valence-electron chi connectivity index (χ0n) is 8.70. The maximum Gasteiger partial charge on any atom is 0.310 e. The standard InChI is InChI=1S/C11H11ClO4/c1-6(11(13)14)7-2-3-8(12)10-9(7)15-4-5-16-10/h2-3,6H,4-5H2,1H3,(H,13,14). The number of benzene rings is 1. The fourth-order valence-electron chi connectivity index (χ4n) is 1.60. The van der Waals surface area contributed by atoms with E-state index in [-0.39, 0.29) is 0 Å². The van der Waals surface area contributed by atoms with Gasteiger partial charge in [-0.25, -0.2) is 0 Å². The van der Waals surface area contributed by atoms with Gasteiger partial charge in [-0.15, -0.1) is 0 Å². The molecule has 1 aliphatic rings. The van der Waals surface area contributed by atoms with Gasteiger partial charge in [-0.2, -0.15) is 0 Å². The summed E-state index contributed by atoms with van der Waals surface area (Å²) in [5, 5.41) is 9.42. The van der Waals surface area contributed by atoms with Crippen molar-refractivity contribution in [3.63, 3.8) is 0 Å². The number of carboxylic acid groups (broad SMARTS) is 1. The van der Waals surface area contributed by atoms with E-state index in [4.69, 9.17) is 26.2 Å². The van der Waals surface area contributed by atoms with Gasteiger partial charge in [0.15, 0.2) is 11.5 Å². The van der Waals surface area contributed by atoms with E-state index in [1.54, 1.807) is 19.1 Å². The summed E-state index contributed by atoms with van der Waals surface area (Å²) in [5.74, 6) is -0.654. The van der Waals surface area contributed by atoms with Gasteiger partial charge in [-0.1, -0.05) is 17.7 Å². The van der Waals surface area contributed by atoms with Crippen LogP contribution in [0.1, 0.15) is 18.4 Å². The minimum atomic E-state index is -0.904. The summed E-state index contributed by atoms with van der Waals surface area (Å²) >= 11 is 5.95. The van der Waals surface area contributed by atoms with E-state index in [1.807, 2.05) is 0 Å². The number of hydrogen-bond donors (Lipinski definition) is 1. The van der Waals surface area contributed by atoms with Crippen LogP contribution in [0.15, 0.2) is 12.1 Å². The normalized spacial score (nSPS) is 15.6. The summed E-state index contributed by atoms with van der Waals surface area (Å²) < 4.78 is 10.8. The van der Waals surface area contributed by atoms with Gasteiger partial charge in [-0.3, -0.25) is 4.79 Å². The number of aliphatic carboxylic acids is 1. The second-order valence-corrected chi connectivity index (χ2v) is 3.96. The average Bonchev–Trinajstić information content (AvgIpc) is 2.29. The first kappa shape index (κ1) is 11.1. The molecule has 0 radical (unpaired) electrons. The number of halogens is 1. The number of fused-ring (bicyclic) bond motifs is 1. The van der Waals surface area contributed by atoms with E-state index in [2.05, 4.69) is 0 Å². The Labute approximate surface area is 97.7 Å². The summed E-state index contributed by atoms with van der Waals surface area (Å²) in [4.78, 5) is 10.9. The Kier molecular flexibility index (Phi) is 2.92. The first-order chi connectivity index (χ1) is 7.61. The van der Waals surface area contributed by atoms with E-state index >= 15 is 0 Å². The van der Waals surface area contributed by atoms with Gasteiger partial charge < -0.3 is 14.6 Å². The summed E-state index contributed by atoms with van der Waals surface area (Å²) in [6, 6.07) is 3.29. The average molecular weight is 243 g/mol. The minimum Gasteiger partial charge on any atom is -0.486 e. The molecule has 0 fully saturated rings. The third kappa shape index (κ3) is 1.80. The molecule has 0 amide bonds. The first-order valence-electron chi connectivity index (χ1n) is 4.92. The lowest BCUT2D eigenvalue weighted by Gasteiger charge is -2.23. The van der Waals surface area contributed by atoms with Gasteiger partial charge in [-0.05, 0) is 13.0 Å². The molecule has 0 spiro atoms. The van der Waals surface area contributed by atoms with Gasteiger partial charge >= 0.3 is 5.97 Å². The molecule has 5 heteroatoms. The summed E-state index contributed by atoms with van der Waals surface area (Å²) in [6.07, 6.45) is 0. The smallest absolute Gasteiger partial charge is 0.310 e. The van der Waals surface area contributed by atoms with E-state index in [0.717, 1.165) is 0 Å². The lowest BCUT2D eigenvalue weighted by molar-refractivity contribution is -0.138. The molecule has 0 bridgehead atoms. The minimum absolute atomic E-state index is 0.409. The molecule has 1 unspecified atom stereocenters. The lowest BCUT2D eigenvalue weighted by Crippen LogP contribution is -2.19. The second kappa shape index (κ2) is 4.22. The largest absolute Gasteiger partial charge is 0.486 e.